The molecule has 0 bridgehead atoms. The standard InChI is InChI=1S/C17H29N3OS/c1-4-18-17(19-11-14(3)16-7-6-10-22-16)20-9-8-15(12-20)13-21-5-2/h6-7,10,14-15H,4-5,8-9,11-13H2,1-3H3,(H,18,19). The first-order valence-corrected chi connectivity index (χ1v) is 9.26. The third kappa shape index (κ3) is 4.99. The van der Waals surface area contributed by atoms with Gasteiger partial charge in [0.2, 0.25) is 0 Å². The summed E-state index contributed by atoms with van der Waals surface area (Å²) < 4.78 is 5.57. The summed E-state index contributed by atoms with van der Waals surface area (Å²) in [7, 11) is 0. The van der Waals surface area contributed by atoms with Crippen LogP contribution in [0.1, 0.15) is 38.0 Å². The lowest BCUT2D eigenvalue weighted by molar-refractivity contribution is 0.114. The predicted octanol–water partition coefficient (Wildman–Crippen LogP) is 3.18. The molecule has 1 aliphatic heterocycles. The van der Waals surface area contributed by atoms with E-state index in [2.05, 4.69) is 48.5 Å². The molecule has 1 N–H and O–H groups in total. The molecule has 1 fully saturated rings. The van der Waals surface area contributed by atoms with Crippen molar-refractivity contribution in [2.24, 2.45) is 10.9 Å². The van der Waals surface area contributed by atoms with Crippen LogP contribution in [0.15, 0.2) is 22.5 Å². The van der Waals surface area contributed by atoms with Gasteiger partial charge in [0, 0.05) is 43.0 Å². The second-order valence-electron chi connectivity index (χ2n) is 5.87. The van der Waals surface area contributed by atoms with E-state index in [1.54, 1.807) is 0 Å². The molecule has 0 aromatic carbocycles. The van der Waals surface area contributed by atoms with E-state index in [-0.39, 0.29) is 0 Å². The highest BCUT2D eigenvalue weighted by molar-refractivity contribution is 7.10. The Labute approximate surface area is 138 Å². The highest BCUT2D eigenvalue weighted by atomic mass is 32.1. The minimum absolute atomic E-state index is 0.482. The number of nitrogens with zero attached hydrogens (tertiary/aromatic N) is 2. The fourth-order valence-corrected chi connectivity index (χ4v) is 3.53. The first kappa shape index (κ1) is 17.3. The van der Waals surface area contributed by atoms with E-state index in [1.807, 2.05) is 11.3 Å². The molecule has 22 heavy (non-hydrogen) atoms. The first-order valence-electron chi connectivity index (χ1n) is 8.39. The zero-order valence-electron chi connectivity index (χ0n) is 14.0. The molecule has 1 saturated heterocycles. The number of ether oxygens (including phenoxy) is 1. The highest BCUT2D eigenvalue weighted by Crippen LogP contribution is 2.21. The van der Waals surface area contributed by atoms with Crippen LogP contribution in [-0.4, -0.2) is 50.3 Å². The van der Waals surface area contributed by atoms with E-state index in [4.69, 9.17) is 9.73 Å². The monoisotopic (exact) mass is 323 g/mol. The summed E-state index contributed by atoms with van der Waals surface area (Å²) in [5.41, 5.74) is 0. The molecule has 1 aromatic rings. The molecule has 1 aliphatic rings. The van der Waals surface area contributed by atoms with Gasteiger partial charge < -0.3 is 15.0 Å². The van der Waals surface area contributed by atoms with Gasteiger partial charge in [-0.3, -0.25) is 4.99 Å². The first-order chi connectivity index (χ1) is 10.7. The number of guanidine groups is 1. The van der Waals surface area contributed by atoms with Crippen LogP contribution in [-0.2, 0) is 4.74 Å². The lowest BCUT2D eigenvalue weighted by Crippen LogP contribution is -2.40. The van der Waals surface area contributed by atoms with Crippen LogP contribution in [0.3, 0.4) is 0 Å². The molecule has 2 atom stereocenters. The van der Waals surface area contributed by atoms with Gasteiger partial charge in [-0.2, -0.15) is 0 Å². The third-order valence-electron chi connectivity index (χ3n) is 4.02. The van der Waals surface area contributed by atoms with Crippen LogP contribution < -0.4 is 5.32 Å². The maximum absolute atomic E-state index is 5.57. The SMILES string of the molecule is CCNC(=NCC(C)c1cccs1)N1CCC(COCC)C1. The molecule has 0 saturated carbocycles. The molecule has 0 aliphatic carbocycles. The van der Waals surface area contributed by atoms with Gasteiger partial charge in [-0.15, -0.1) is 11.3 Å². The van der Waals surface area contributed by atoms with Crippen molar-refractivity contribution in [3.63, 3.8) is 0 Å². The predicted molar refractivity (Wildman–Crippen MR) is 94.9 cm³/mol. The lowest BCUT2D eigenvalue weighted by atomic mass is 10.1. The lowest BCUT2D eigenvalue weighted by Gasteiger charge is -2.22. The minimum Gasteiger partial charge on any atom is -0.381 e. The molecule has 2 heterocycles. The number of rotatable bonds is 7. The molecule has 4 nitrogen and oxygen atoms in total. The van der Waals surface area contributed by atoms with Crippen molar-refractivity contribution in [2.45, 2.75) is 33.1 Å². The molecule has 2 rings (SSSR count). The Balaban J connectivity index is 1.90. The van der Waals surface area contributed by atoms with Crippen molar-refractivity contribution < 1.29 is 4.74 Å². The Morgan fingerprint density at radius 2 is 2.41 bits per heavy atom. The molecule has 0 radical (unpaired) electrons. The molecular formula is C17H29N3OS. The van der Waals surface area contributed by atoms with Crippen LogP contribution in [0.25, 0.3) is 0 Å². The smallest absolute Gasteiger partial charge is 0.193 e. The summed E-state index contributed by atoms with van der Waals surface area (Å²) in [5, 5.41) is 5.58. The summed E-state index contributed by atoms with van der Waals surface area (Å²) in [5.74, 6) is 2.18. The van der Waals surface area contributed by atoms with E-state index >= 15 is 0 Å². The highest BCUT2D eigenvalue weighted by Gasteiger charge is 2.25. The van der Waals surface area contributed by atoms with Crippen molar-refractivity contribution >= 4 is 17.3 Å². The fourth-order valence-electron chi connectivity index (χ4n) is 2.76. The Kier molecular flexibility index (Phi) is 7.19. The van der Waals surface area contributed by atoms with Gasteiger partial charge in [0.05, 0.1) is 13.2 Å². The normalized spacial score (nSPS) is 20.4. The fraction of sp³-hybridized carbons (Fsp3) is 0.706. The molecule has 2 unspecified atom stereocenters. The molecule has 5 heteroatoms. The van der Waals surface area contributed by atoms with E-state index in [0.717, 1.165) is 45.4 Å². The summed E-state index contributed by atoms with van der Waals surface area (Å²) in [6.45, 7) is 12.0. The summed E-state index contributed by atoms with van der Waals surface area (Å²) in [6.07, 6.45) is 1.20. The van der Waals surface area contributed by atoms with Crippen molar-refractivity contribution in [2.75, 3.05) is 39.4 Å². The molecular weight excluding hydrogens is 294 g/mol. The van der Waals surface area contributed by atoms with Crippen LogP contribution in [0.2, 0.25) is 0 Å². The van der Waals surface area contributed by atoms with Crippen LogP contribution in [0.5, 0.6) is 0 Å². The zero-order chi connectivity index (χ0) is 15.8. The van der Waals surface area contributed by atoms with Gasteiger partial charge in [0.1, 0.15) is 0 Å². The Morgan fingerprint density at radius 3 is 3.09 bits per heavy atom. The van der Waals surface area contributed by atoms with Crippen molar-refractivity contribution in [3.05, 3.63) is 22.4 Å². The Morgan fingerprint density at radius 1 is 1.55 bits per heavy atom. The van der Waals surface area contributed by atoms with E-state index < -0.39 is 0 Å². The molecule has 124 valence electrons. The zero-order valence-corrected chi connectivity index (χ0v) is 14.9. The van der Waals surface area contributed by atoms with Gasteiger partial charge in [-0.1, -0.05) is 13.0 Å². The number of likely N-dealkylation sites (tertiary alicyclic amines) is 1. The maximum atomic E-state index is 5.57. The largest absolute Gasteiger partial charge is 0.381 e. The maximum Gasteiger partial charge on any atom is 0.193 e. The van der Waals surface area contributed by atoms with Gasteiger partial charge in [-0.25, -0.2) is 0 Å². The average molecular weight is 324 g/mol. The topological polar surface area (TPSA) is 36.9 Å². The Bertz CT molecular complexity index is 447. The third-order valence-corrected chi connectivity index (χ3v) is 5.13. The summed E-state index contributed by atoms with van der Waals surface area (Å²) >= 11 is 1.82. The molecule has 0 amide bonds. The van der Waals surface area contributed by atoms with Crippen molar-refractivity contribution in [1.82, 2.24) is 10.2 Å². The second-order valence-corrected chi connectivity index (χ2v) is 6.85. The van der Waals surface area contributed by atoms with Gasteiger partial charge in [0.25, 0.3) is 0 Å². The number of hydrogen-bond acceptors (Lipinski definition) is 3. The molecule has 1 aromatic heterocycles. The average Bonchev–Trinajstić information content (AvgIpc) is 3.20. The number of aliphatic imine (C=N–C) groups is 1. The summed E-state index contributed by atoms with van der Waals surface area (Å²) in [4.78, 5) is 8.66. The number of nitrogens with one attached hydrogen (secondary N) is 1. The quantitative estimate of drug-likeness (QED) is 0.618. The Hall–Kier alpha value is -1.07. The minimum atomic E-state index is 0.482. The van der Waals surface area contributed by atoms with Gasteiger partial charge in [0.15, 0.2) is 5.96 Å². The van der Waals surface area contributed by atoms with Crippen molar-refractivity contribution in [1.29, 1.82) is 0 Å². The van der Waals surface area contributed by atoms with Crippen LogP contribution in [0.4, 0.5) is 0 Å². The van der Waals surface area contributed by atoms with Gasteiger partial charge >= 0.3 is 0 Å². The van der Waals surface area contributed by atoms with E-state index in [9.17, 15) is 0 Å². The second kappa shape index (κ2) is 9.16. The summed E-state index contributed by atoms with van der Waals surface area (Å²) in [6, 6.07) is 4.32. The van der Waals surface area contributed by atoms with E-state index in [0.29, 0.717) is 11.8 Å². The number of hydrogen-bond donors (Lipinski definition) is 1. The number of thiophene rings is 1. The van der Waals surface area contributed by atoms with Gasteiger partial charge in [-0.05, 0) is 31.7 Å². The van der Waals surface area contributed by atoms with E-state index in [1.165, 1.54) is 11.3 Å². The van der Waals surface area contributed by atoms with Crippen molar-refractivity contribution in [3.8, 4) is 0 Å². The van der Waals surface area contributed by atoms with Crippen LogP contribution in [0, 0.1) is 5.92 Å². The molecule has 0 spiro atoms. The van der Waals surface area contributed by atoms with Crippen LogP contribution >= 0.6 is 11.3 Å².